The smallest absolute Gasteiger partial charge is 0.0702 e. The van der Waals surface area contributed by atoms with Crippen molar-refractivity contribution in [2.24, 2.45) is 0 Å². The zero-order valence-electron chi connectivity index (χ0n) is 18.4. The molecule has 0 N–H and O–H groups in total. The molecule has 158 valence electrons. The molecule has 2 aromatic heterocycles. The predicted molar refractivity (Wildman–Crippen MR) is 138 cm³/mol. The van der Waals surface area contributed by atoms with Gasteiger partial charge >= 0.3 is 0 Å². The predicted octanol–water partition coefficient (Wildman–Crippen LogP) is 6.61. The van der Waals surface area contributed by atoms with Gasteiger partial charge in [-0.1, -0.05) is 60.1 Å². The van der Waals surface area contributed by atoms with E-state index in [0.29, 0.717) is 0 Å². The molecule has 2 heteroatoms. The second kappa shape index (κ2) is 10.1. The van der Waals surface area contributed by atoms with Crippen LogP contribution in [-0.4, -0.2) is 9.97 Å². The fraction of sp³-hybridized carbons (Fsp3) is 0. The van der Waals surface area contributed by atoms with E-state index in [1.165, 1.54) is 0 Å². The number of aromatic nitrogens is 2. The van der Waals surface area contributed by atoms with E-state index in [0.717, 1.165) is 44.8 Å². The summed E-state index contributed by atoms with van der Waals surface area (Å²) in [7, 11) is 0. The van der Waals surface area contributed by atoms with Crippen molar-refractivity contribution < 1.29 is 0 Å². The lowest BCUT2D eigenvalue weighted by Gasteiger charge is -2.00. The first-order chi connectivity index (χ1) is 16.8. The van der Waals surface area contributed by atoms with Crippen LogP contribution in [0.2, 0.25) is 0 Å². The van der Waals surface area contributed by atoms with Crippen molar-refractivity contribution in [2.75, 3.05) is 0 Å². The van der Waals surface area contributed by atoms with Crippen molar-refractivity contribution in [1.29, 1.82) is 0 Å². The highest BCUT2D eigenvalue weighted by molar-refractivity contribution is 5.63. The first kappa shape index (κ1) is 21.0. The average molecular weight is 433 g/mol. The molecule has 0 spiro atoms. The summed E-state index contributed by atoms with van der Waals surface area (Å²) in [5, 5.41) is 0. The lowest BCUT2D eigenvalue weighted by atomic mass is 10.1. The van der Waals surface area contributed by atoms with Crippen LogP contribution in [0.1, 0.15) is 22.3 Å². The third-order valence-corrected chi connectivity index (χ3v) is 5.23. The van der Waals surface area contributed by atoms with E-state index in [9.17, 15) is 0 Å². The fourth-order valence-electron chi connectivity index (χ4n) is 3.51. The van der Waals surface area contributed by atoms with Gasteiger partial charge in [0, 0.05) is 45.8 Å². The molecule has 2 nitrogen and oxygen atoms in total. The minimum Gasteiger partial charge on any atom is -0.256 e. The number of hydrogen-bond donors (Lipinski definition) is 0. The summed E-state index contributed by atoms with van der Waals surface area (Å²) in [5.41, 5.74) is 7.83. The number of benzene rings is 3. The van der Waals surface area contributed by atoms with Gasteiger partial charge in [0.25, 0.3) is 0 Å². The van der Waals surface area contributed by atoms with E-state index in [1.807, 2.05) is 97.1 Å². The number of pyridine rings is 2. The monoisotopic (exact) mass is 432 g/mol. The van der Waals surface area contributed by atoms with Crippen LogP contribution in [0.25, 0.3) is 22.5 Å². The van der Waals surface area contributed by atoms with Crippen LogP contribution in [-0.2, 0) is 0 Å². The maximum Gasteiger partial charge on any atom is 0.0702 e. The van der Waals surface area contributed by atoms with Gasteiger partial charge in [0.15, 0.2) is 0 Å². The minimum atomic E-state index is 0.944. The number of rotatable bonds is 2. The molecule has 0 unspecified atom stereocenters. The standard InChI is InChI=1S/C32H20N2/c1-3-21-33-31(11-1)29-9-5-7-27(23-29)19-17-25-13-15-26(16-14-25)18-20-28-8-6-10-30(24-28)32-12-2-4-22-34-32/h1-16,21-24H. The van der Waals surface area contributed by atoms with E-state index >= 15 is 0 Å². The van der Waals surface area contributed by atoms with Crippen LogP contribution in [0.4, 0.5) is 0 Å². The topological polar surface area (TPSA) is 25.8 Å². The molecule has 0 bridgehead atoms. The SMILES string of the molecule is C(#Cc1cccc(-c2ccccn2)c1)c1ccc(C#Cc2cccc(-c3ccccn3)c2)cc1. The Bertz CT molecular complexity index is 1410. The largest absolute Gasteiger partial charge is 0.256 e. The Labute approximate surface area is 200 Å². The molecule has 0 amide bonds. The van der Waals surface area contributed by atoms with Gasteiger partial charge in [-0.25, -0.2) is 0 Å². The quantitative estimate of drug-likeness (QED) is 0.293. The molecule has 0 aliphatic rings. The summed E-state index contributed by atoms with van der Waals surface area (Å²) in [4.78, 5) is 8.83. The Morgan fingerprint density at radius 2 is 0.824 bits per heavy atom. The Kier molecular flexibility index (Phi) is 6.24. The van der Waals surface area contributed by atoms with Crippen molar-refractivity contribution in [3.8, 4) is 46.2 Å². The van der Waals surface area contributed by atoms with Gasteiger partial charge in [-0.05, 0) is 72.8 Å². The van der Waals surface area contributed by atoms with Crippen LogP contribution in [0.5, 0.6) is 0 Å². The highest BCUT2D eigenvalue weighted by Crippen LogP contribution is 2.18. The van der Waals surface area contributed by atoms with Crippen LogP contribution < -0.4 is 0 Å². The van der Waals surface area contributed by atoms with E-state index in [1.54, 1.807) is 12.4 Å². The normalized spacial score (nSPS) is 9.88. The second-order valence-corrected chi connectivity index (χ2v) is 7.67. The molecule has 0 fully saturated rings. The average Bonchev–Trinajstić information content (AvgIpc) is 2.93. The summed E-state index contributed by atoms with van der Waals surface area (Å²) in [6.07, 6.45) is 3.60. The van der Waals surface area contributed by atoms with E-state index in [2.05, 4.69) is 45.8 Å². The third-order valence-electron chi connectivity index (χ3n) is 5.23. The van der Waals surface area contributed by atoms with E-state index in [4.69, 9.17) is 0 Å². The van der Waals surface area contributed by atoms with Gasteiger partial charge in [0.2, 0.25) is 0 Å². The maximum absolute atomic E-state index is 4.41. The van der Waals surface area contributed by atoms with Crippen molar-refractivity contribution in [3.63, 3.8) is 0 Å². The highest BCUT2D eigenvalue weighted by atomic mass is 14.7. The first-order valence-electron chi connectivity index (χ1n) is 11.0. The highest BCUT2D eigenvalue weighted by Gasteiger charge is 1.99. The molecular formula is C32H20N2. The Balaban J connectivity index is 1.30. The lowest BCUT2D eigenvalue weighted by molar-refractivity contribution is 1.32. The second-order valence-electron chi connectivity index (χ2n) is 7.67. The molecule has 5 rings (SSSR count). The molecule has 0 aliphatic carbocycles. The fourth-order valence-corrected chi connectivity index (χ4v) is 3.51. The molecule has 2 heterocycles. The van der Waals surface area contributed by atoms with Crippen LogP contribution >= 0.6 is 0 Å². The summed E-state index contributed by atoms with van der Waals surface area (Å²) in [6, 6.07) is 36.1. The molecule has 0 saturated heterocycles. The number of nitrogens with zero attached hydrogens (tertiary/aromatic N) is 2. The zero-order valence-corrected chi connectivity index (χ0v) is 18.4. The summed E-state index contributed by atoms with van der Waals surface area (Å²) < 4.78 is 0. The van der Waals surface area contributed by atoms with Gasteiger partial charge in [-0.2, -0.15) is 0 Å². The Morgan fingerprint density at radius 3 is 1.24 bits per heavy atom. The van der Waals surface area contributed by atoms with Crippen molar-refractivity contribution >= 4 is 0 Å². The molecule has 0 radical (unpaired) electrons. The molecule has 0 aliphatic heterocycles. The molecular weight excluding hydrogens is 412 g/mol. The lowest BCUT2D eigenvalue weighted by Crippen LogP contribution is -1.84. The van der Waals surface area contributed by atoms with Crippen molar-refractivity contribution in [3.05, 3.63) is 144 Å². The van der Waals surface area contributed by atoms with E-state index < -0.39 is 0 Å². The van der Waals surface area contributed by atoms with Gasteiger partial charge in [-0.3, -0.25) is 9.97 Å². The molecule has 5 aromatic rings. The Hall–Kier alpha value is -4.92. The first-order valence-corrected chi connectivity index (χ1v) is 11.0. The molecule has 0 saturated carbocycles. The number of hydrogen-bond acceptors (Lipinski definition) is 2. The molecule has 34 heavy (non-hydrogen) atoms. The van der Waals surface area contributed by atoms with Crippen LogP contribution in [0.15, 0.2) is 122 Å². The maximum atomic E-state index is 4.41. The van der Waals surface area contributed by atoms with Gasteiger partial charge in [0.05, 0.1) is 11.4 Å². The minimum absolute atomic E-state index is 0.944. The van der Waals surface area contributed by atoms with Crippen LogP contribution in [0, 0.1) is 23.7 Å². The summed E-state index contributed by atoms with van der Waals surface area (Å²) in [5.74, 6) is 13.0. The van der Waals surface area contributed by atoms with Gasteiger partial charge in [-0.15, -0.1) is 0 Å². The van der Waals surface area contributed by atoms with Gasteiger partial charge in [0.1, 0.15) is 0 Å². The Morgan fingerprint density at radius 1 is 0.382 bits per heavy atom. The van der Waals surface area contributed by atoms with Crippen molar-refractivity contribution in [2.45, 2.75) is 0 Å². The molecule has 0 atom stereocenters. The third kappa shape index (κ3) is 5.28. The zero-order chi connectivity index (χ0) is 23.0. The van der Waals surface area contributed by atoms with E-state index in [-0.39, 0.29) is 0 Å². The molecule has 3 aromatic carbocycles. The van der Waals surface area contributed by atoms with Gasteiger partial charge < -0.3 is 0 Å². The summed E-state index contributed by atoms with van der Waals surface area (Å²) >= 11 is 0. The van der Waals surface area contributed by atoms with Crippen molar-refractivity contribution in [1.82, 2.24) is 9.97 Å². The summed E-state index contributed by atoms with van der Waals surface area (Å²) in [6.45, 7) is 0. The van der Waals surface area contributed by atoms with Crippen LogP contribution in [0.3, 0.4) is 0 Å².